The van der Waals surface area contributed by atoms with Crippen molar-refractivity contribution in [2.75, 3.05) is 36.0 Å². The van der Waals surface area contributed by atoms with E-state index in [9.17, 15) is 25.8 Å². The first kappa shape index (κ1) is 55.6. The minimum absolute atomic E-state index is 0.0115. The van der Waals surface area contributed by atoms with Gasteiger partial charge >= 0.3 is 0 Å². The van der Waals surface area contributed by atoms with E-state index < -0.39 is 5.92 Å². The number of nitrogens with zero attached hydrogens (tertiary/aromatic N) is 4. The second-order valence-corrected chi connectivity index (χ2v) is 21.4. The summed E-state index contributed by atoms with van der Waals surface area (Å²) in [5.74, 6) is -1.07. The molecule has 1 aliphatic rings. The first-order chi connectivity index (χ1) is 36.3. The molecule has 7 nitrogen and oxygen atoms in total. The molecule has 0 bridgehead atoms. The first-order valence-corrected chi connectivity index (χ1v) is 29.1. The number of anilines is 2. The number of hydrogen-bond donors (Lipinski definition) is 3. The number of nitriles is 2. The van der Waals surface area contributed by atoms with Gasteiger partial charge in [-0.2, -0.15) is 10.5 Å². The Morgan fingerprint density at radius 1 is 0.432 bits per heavy atom. The molecule has 392 valence electrons. The molecule has 6 aromatic rings. The molecule has 0 saturated heterocycles. The minimum Gasteiger partial charge on any atom is -0.511 e. The van der Waals surface area contributed by atoms with E-state index in [-0.39, 0.29) is 28.4 Å². The van der Waals surface area contributed by atoms with Crippen LogP contribution in [0.25, 0.3) is 48.7 Å². The average molecular weight is 995 g/mol. The molecule has 0 saturated carbocycles. The van der Waals surface area contributed by atoms with Crippen molar-refractivity contribution in [3.05, 3.63) is 113 Å². The fourth-order valence-electron chi connectivity index (χ4n) is 11.7. The summed E-state index contributed by atoms with van der Waals surface area (Å²) < 4.78 is 0. The highest BCUT2D eigenvalue weighted by atomic mass is 16.3. The van der Waals surface area contributed by atoms with E-state index in [1.54, 1.807) is 0 Å². The van der Waals surface area contributed by atoms with Gasteiger partial charge in [0.1, 0.15) is 35.0 Å². The van der Waals surface area contributed by atoms with Crippen LogP contribution in [0.4, 0.5) is 11.4 Å². The van der Waals surface area contributed by atoms with Crippen LogP contribution in [0.3, 0.4) is 0 Å². The molecule has 7 heteroatoms. The third-order valence-corrected chi connectivity index (χ3v) is 15.9. The van der Waals surface area contributed by atoms with Gasteiger partial charge in [-0.05, 0) is 82.3 Å². The van der Waals surface area contributed by atoms with Crippen LogP contribution in [0.5, 0.6) is 11.5 Å². The van der Waals surface area contributed by atoms with E-state index in [4.69, 9.17) is 0 Å². The number of hydrogen-bond acceptors (Lipinski definition) is 7. The van der Waals surface area contributed by atoms with E-state index in [1.165, 1.54) is 103 Å². The van der Waals surface area contributed by atoms with Crippen LogP contribution < -0.4 is 9.80 Å². The number of benzene rings is 6. The van der Waals surface area contributed by atoms with Gasteiger partial charge in [-0.15, -0.1) is 0 Å². The lowest BCUT2D eigenvalue weighted by molar-refractivity contribution is 0.364. The predicted molar refractivity (Wildman–Crippen MR) is 315 cm³/mol. The van der Waals surface area contributed by atoms with Crippen LogP contribution >= 0.6 is 0 Å². The monoisotopic (exact) mass is 995 g/mol. The summed E-state index contributed by atoms with van der Waals surface area (Å²) >= 11 is 0. The molecule has 3 N–H and O–H groups in total. The largest absolute Gasteiger partial charge is 0.511 e. The number of allylic oxidation sites excluding steroid dienone is 3. The molecule has 0 aromatic heterocycles. The number of aliphatic hydroxyl groups is 1. The highest BCUT2D eigenvalue weighted by Crippen LogP contribution is 2.59. The quantitative estimate of drug-likeness (QED) is 0.0219. The van der Waals surface area contributed by atoms with Crippen molar-refractivity contribution in [3.8, 4) is 23.6 Å². The molecular weight excluding hydrogens is 909 g/mol. The molecule has 0 fully saturated rings. The topological polar surface area (TPSA) is 115 Å². The summed E-state index contributed by atoms with van der Waals surface area (Å²) in [5.41, 5.74) is 3.21. The minimum atomic E-state index is -0.992. The van der Waals surface area contributed by atoms with Crippen molar-refractivity contribution in [3.63, 3.8) is 0 Å². The first-order valence-electron chi connectivity index (χ1n) is 29.1. The van der Waals surface area contributed by atoms with Gasteiger partial charge in [0, 0.05) is 82.7 Å². The molecule has 0 radical (unpaired) electrons. The fraction of sp³-hybridized carbons (Fsp3) is 0.493. The molecule has 7 rings (SSSR count). The Kier molecular flexibility index (Phi) is 21.4. The standard InChI is InChI=1S/C67H86N4O3/c1-5-9-13-17-21-29-37-70(38-30-22-18-14-10-6-2)58-45-60(72)63(56-43-51-35-27-25-33-49(51)41-54(56)58)65-62(53(47-68)48-69)66(67(65)74)64-57-44-52-36-28-26-34-50(52)42-55(57)59(46-61(64)73)71(39-31-23-19-15-11-7-3)40-32-24-20-16-12-8-4/h25-28,33-36,41-46,65,72-74H,5-24,29-32,37-40H2,1-4H3. The summed E-state index contributed by atoms with van der Waals surface area (Å²) in [5, 5.41) is 67.2. The van der Waals surface area contributed by atoms with E-state index in [2.05, 4.69) is 98.2 Å². The Morgan fingerprint density at radius 3 is 1.16 bits per heavy atom. The van der Waals surface area contributed by atoms with Gasteiger partial charge in [-0.3, -0.25) is 0 Å². The van der Waals surface area contributed by atoms with Gasteiger partial charge in [0.25, 0.3) is 0 Å². The second kappa shape index (κ2) is 28.5. The van der Waals surface area contributed by atoms with E-state index in [0.717, 1.165) is 132 Å². The number of phenols is 2. The molecule has 0 spiro atoms. The molecule has 74 heavy (non-hydrogen) atoms. The maximum Gasteiger partial charge on any atom is 0.134 e. The summed E-state index contributed by atoms with van der Waals surface area (Å²) in [6.07, 6.45) is 28.4. The van der Waals surface area contributed by atoms with Gasteiger partial charge in [0.15, 0.2) is 0 Å². The Morgan fingerprint density at radius 2 is 0.770 bits per heavy atom. The maximum atomic E-state index is 12.8. The zero-order chi connectivity index (χ0) is 52.2. The van der Waals surface area contributed by atoms with Crippen LogP contribution in [0.1, 0.15) is 199 Å². The normalized spacial score (nSPS) is 13.5. The number of unbranched alkanes of at least 4 members (excludes halogenated alkanes) is 20. The van der Waals surface area contributed by atoms with Crippen molar-refractivity contribution in [2.24, 2.45) is 0 Å². The summed E-state index contributed by atoms with van der Waals surface area (Å²) in [7, 11) is 0. The third-order valence-electron chi connectivity index (χ3n) is 15.9. The predicted octanol–water partition coefficient (Wildman–Crippen LogP) is 19.2. The molecule has 1 unspecified atom stereocenters. The van der Waals surface area contributed by atoms with Gasteiger partial charge in [0.05, 0.1) is 5.92 Å². The lowest BCUT2D eigenvalue weighted by atomic mass is 9.67. The molecule has 1 atom stereocenters. The molecule has 0 aliphatic heterocycles. The van der Waals surface area contributed by atoms with Crippen LogP contribution in [0.15, 0.2) is 102 Å². The highest BCUT2D eigenvalue weighted by Gasteiger charge is 2.44. The van der Waals surface area contributed by atoms with Crippen LogP contribution in [-0.4, -0.2) is 41.5 Å². The highest BCUT2D eigenvalue weighted by molar-refractivity contribution is 6.14. The Labute approximate surface area is 444 Å². The van der Waals surface area contributed by atoms with Crippen molar-refractivity contribution in [1.29, 1.82) is 10.5 Å². The Hall–Kier alpha value is -6.18. The lowest BCUT2D eigenvalue weighted by Crippen LogP contribution is -2.27. The molecule has 0 amide bonds. The zero-order valence-corrected chi connectivity index (χ0v) is 45.6. The molecular formula is C67H86N4O3. The van der Waals surface area contributed by atoms with Gasteiger partial charge in [-0.25, -0.2) is 0 Å². The van der Waals surface area contributed by atoms with Crippen molar-refractivity contribution < 1.29 is 15.3 Å². The molecule has 6 aromatic carbocycles. The number of fused-ring (bicyclic) bond motifs is 4. The zero-order valence-electron chi connectivity index (χ0n) is 45.6. The lowest BCUT2D eigenvalue weighted by Gasteiger charge is -2.37. The smallest absolute Gasteiger partial charge is 0.134 e. The molecule has 0 heterocycles. The van der Waals surface area contributed by atoms with Crippen molar-refractivity contribution >= 4 is 60.0 Å². The van der Waals surface area contributed by atoms with Gasteiger partial charge in [-0.1, -0.05) is 205 Å². The second-order valence-electron chi connectivity index (χ2n) is 21.4. The van der Waals surface area contributed by atoms with Crippen LogP contribution in [0.2, 0.25) is 0 Å². The van der Waals surface area contributed by atoms with Crippen LogP contribution in [0, 0.1) is 22.7 Å². The fourth-order valence-corrected chi connectivity index (χ4v) is 11.7. The number of aliphatic hydroxyl groups excluding tert-OH is 1. The maximum absolute atomic E-state index is 12.8. The number of aromatic hydroxyl groups is 2. The Balaban J connectivity index is 1.38. The van der Waals surface area contributed by atoms with Crippen LogP contribution in [-0.2, 0) is 0 Å². The summed E-state index contributed by atoms with van der Waals surface area (Å²) in [6, 6.07) is 33.2. The average Bonchev–Trinajstić information content (AvgIpc) is 3.42. The van der Waals surface area contributed by atoms with Crippen molar-refractivity contribution in [1.82, 2.24) is 0 Å². The SMILES string of the molecule is CCCCCCCCN(CCCCCCCC)c1cc(O)c(C2=C(O)C(c3c(O)cc(N(CCCCCCCC)CCCCCCCC)c4cc5ccccc5cc34)C2=C(C#N)C#N)c2cc3ccccc3cc12. The summed E-state index contributed by atoms with van der Waals surface area (Å²) in [4.78, 5) is 4.93. The van der Waals surface area contributed by atoms with Gasteiger partial charge < -0.3 is 25.1 Å². The van der Waals surface area contributed by atoms with Crippen molar-refractivity contribution in [2.45, 2.75) is 188 Å². The number of rotatable bonds is 32. The van der Waals surface area contributed by atoms with E-state index in [1.807, 2.05) is 36.4 Å². The Bertz CT molecular complexity index is 2910. The summed E-state index contributed by atoms with van der Waals surface area (Å²) in [6.45, 7) is 12.5. The molecule has 1 aliphatic carbocycles. The third kappa shape index (κ3) is 13.4. The van der Waals surface area contributed by atoms with E-state index in [0.29, 0.717) is 16.7 Å². The van der Waals surface area contributed by atoms with Gasteiger partial charge in [0.2, 0.25) is 0 Å². The van der Waals surface area contributed by atoms with E-state index >= 15 is 0 Å². The number of phenolic OH excluding ortho intramolecular Hbond substituents is 2.